The van der Waals surface area contributed by atoms with Crippen LogP contribution in [-0.4, -0.2) is 60.7 Å². The Kier molecular flexibility index (Phi) is 4.09. The van der Waals surface area contributed by atoms with Gasteiger partial charge in [0.2, 0.25) is 5.91 Å². The first kappa shape index (κ1) is 15.9. The summed E-state index contributed by atoms with van der Waals surface area (Å²) < 4.78 is 1.55. The number of aromatic nitrogens is 3. The molecule has 1 aliphatic heterocycles. The first-order valence-electron chi connectivity index (χ1n) is 8.01. The number of carboxylic acids is 1. The van der Waals surface area contributed by atoms with E-state index in [9.17, 15) is 19.8 Å². The van der Waals surface area contributed by atoms with E-state index < -0.39 is 24.2 Å². The Bertz CT molecular complexity index is 610. The summed E-state index contributed by atoms with van der Waals surface area (Å²) in [5.74, 6) is -1.04. The van der Waals surface area contributed by atoms with Gasteiger partial charge in [-0.25, -0.2) is 9.48 Å². The zero-order chi connectivity index (χ0) is 16.7. The second-order valence-corrected chi connectivity index (χ2v) is 6.82. The van der Waals surface area contributed by atoms with Gasteiger partial charge in [-0.15, -0.1) is 5.10 Å². The zero-order valence-corrected chi connectivity index (χ0v) is 13.3. The second-order valence-electron chi connectivity index (χ2n) is 6.82. The predicted octanol–water partition coefficient (Wildman–Crippen LogP) is 0.399. The van der Waals surface area contributed by atoms with Gasteiger partial charge in [-0.3, -0.25) is 4.79 Å². The minimum absolute atomic E-state index is 0.0448. The average Bonchev–Trinajstić information content (AvgIpc) is 3.08. The van der Waals surface area contributed by atoms with Gasteiger partial charge in [0, 0.05) is 25.1 Å². The summed E-state index contributed by atoms with van der Waals surface area (Å²) in [6.45, 7) is 3.83. The molecule has 1 aromatic heterocycles. The van der Waals surface area contributed by atoms with Crippen LogP contribution in [0.25, 0.3) is 0 Å². The van der Waals surface area contributed by atoms with E-state index in [1.54, 1.807) is 10.9 Å². The molecule has 8 nitrogen and oxygen atoms in total. The Morgan fingerprint density at radius 1 is 1.35 bits per heavy atom. The number of β-amino-alcohol motifs (C(OH)–C–C–N with tert-alkyl or cyclic N) is 1. The molecule has 0 radical (unpaired) electrons. The van der Waals surface area contributed by atoms with Gasteiger partial charge in [-0.2, -0.15) is 0 Å². The molecule has 3 atom stereocenters. The molecule has 1 amide bonds. The quantitative estimate of drug-likeness (QED) is 0.812. The summed E-state index contributed by atoms with van der Waals surface area (Å²) in [6, 6.07) is -1.59. The second kappa shape index (κ2) is 5.92. The summed E-state index contributed by atoms with van der Waals surface area (Å²) in [6.07, 6.45) is 3.25. The van der Waals surface area contributed by atoms with Crippen molar-refractivity contribution in [3.05, 3.63) is 11.9 Å². The monoisotopic (exact) mass is 322 g/mol. The van der Waals surface area contributed by atoms with Gasteiger partial charge < -0.3 is 15.1 Å². The van der Waals surface area contributed by atoms with Crippen molar-refractivity contribution in [3.63, 3.8) is 0 Å². The Hall–Kier alpha value is -1.96. The molecule has 126 valence electrons. The first-order chi connectivity index (χ1) is 10.9. The van der Waals surface area contributed by atoms with Crippen molar-refractivity contribution in [1.82, 2.24) is 19.9 Å². The number of carboxylic acid groups (broad SMARTS) is 1. The van der Waals surface area contributed by atoms with E-state index in [2.05, 4.69) is 10.3 Å². The molecule has 1 saturated heterocycles. The van der Waals surface area contributed by atoms with Crippen LogP contribution in [0.2, 0.25) is 0 Å². The van der Waals surface area contributed by atoms with Crippen LogP contribution in [0.5, 0.6) is 0 Å². The molecule has 3 rings (SSSR count). The van der Waals surface area contributed by atoms with Crippen LogP contribution in [-0.2, 0) is 9.59 Å². The van der Waals surface area contributed by atoms with E-state index in [0.717, 1.165) is 18.5 Å². The van der Waals surface area contributed by atoms with E-state index in [-0.39, 0.29) is 24.8 Å². The fourth-order valence-corrected chi connectivity index (χ4v) is 3.16. The molecule has 2 fully saturated rings. The van der Waals surface area contributed by atoms with Crippen molar-refractivity contribution < 1.29 is 19.8 Å². The number of rotatable bonds is 5. The lowest BCUT2D eigenvalue weighted by Crippen LogP contribution is -2.45. The van der Waals surface area contributed by atoms with Crippen LogP contribution in [0, 0.1) is 5.92 Å². The maximum absolute atomic E-state index is 12.9. The van der Waals surface area contributed by atoms with Crippen LogP contribution in [0.3, 0.4) is 0 Å². The normalized spacial score (nSPS) is 25.8. The molecule has 0 aromatic carbocycles. The van der Waals surface area contributed by atoms with Crippen molar-refractivity contribution in [2.45, 2.75) is 57.2 Å². The topological polar surface area (TPSA) is 109 Å². The molecule has 1 aromatic rings. The zero-order valence-electron chi connectivity index (χ0n) is 13.3. The Labute approximate surface area is 134 Å². The smallest absolute Gasteiger partial charge is 0.326 e. The maximum Gasteiger partial charge on any atom is 0.326 e. The number of aliphatic hydroxyl groups is 1. The predicted molar refractivity (Wildman–Crippen MR) is 79.6 cm³/mol. The molecule has 0 unspecified atom stereocenters. The first-order valence-corrected chi connectivity index (χ1v) is 8.01. The van der Waals surface area contributed by atoms with E-state index in [1.165, 1.54) is 4.90 Å². The van der Waals surface area contributed by atoms with Crippen molar-refractivity contribution in [3.8, 4) is 0 Å². The lowest BCUT2D eigenvalue weighted by molar-refractivity contribution is -0.150. The van der Waals surface area contributed by atoms with Crippen LogP contribution in [0.1, 0.15) is 50.8 Å². The molecule has 0 bridgehead atoms. The van der Waals surface area contributed by atoms with Gasteiger partial charge in [0.25, 0.3) is 0 Å². The highest BCUT2D eigenvalue weighted by molar-refractivity contribution is 5.87. The molecule has 1 saturated carbocycles. The summed E-state index contributed by atoms with van der Waals surface area (Å²) >= 11 is 0. The van der Waals surface area contributed by atoms with Crippen LogP contribution >= 0.6 is 0 Å². The molecule has 23 heavy (non-hydrogen) atoms. The van der Waals surface area contributed by atoms with Crippen molar-refractivity contribution in [2.75, 3.05) is 6.54 Å². The number of carbonyl (C=O) groups excluding carboxylic acids is 1. The number of hydrogen-bond acceptors (Lipinski definition) is 5. The molecule has 2 heterocycles. The largest absolute Gasteiger partial charge is 0.480 e. The van der Waals surface area contributed by atoms with Gasteiger partial charge in [0.15, 0.2) is 0 Å². The van der Waals surface area contributed by atoms with Gasteiger partial charge in [0.1, 0.15) is 12.1 Å². The van der Waals surface area contributed by atoms with Gasteiger partial charge >= 0.3 is 5.97 Å². The molecule has 0 spiro atoms. The summed E-state index contributed by atoms with van der Waals surface area (Å²) in [7, 11) is 0. The van der Waals surface area contributed by atoms with Crippen molar-refractivity contribution in [1.29, 1.82) is 0 Å². The number of amides is 1. The summed E-state index contributed by atoms with van der Waals surface area (Å²) in [4.78, 5) is 25.5. The van der Waals surface area contributed by atoms with Crippen LogP contribution in [0.15, 0.2) is 6.20 Å². The molecular formula is C15H22N4O4. The lowest BCUT2D eigenvalue weighted by atomic mass is 10.0. The van der Waals surface area contributed by atoms with Crippen LogP contribution < -0.4 is 0 Å². The molecule has 1 aliphatic carbocycles. The number of hydrogen-bond donors (Lipinski definition) is 2. The Morgan fingerprint density at radius 3 is 2.61 bits per heavy atom. The lowest BCUT2D eigenvalue weighted by Gasteiger charge is -2.28. The number of aliphatic carboxylic acids is 1. The maximum atomic E-state index is 12.9. The third kappa shape index (κ3) is 3.08. The van der Waals surface area contributed by atoms with Gasteiger partial charge in [-0.1, -0.05) is 19.1 Å². The number of likely N-dealkylation sites (tertiary alicyclic amines) is 1. The number of aliphatic hydroxyl groups excluding tert-OH is 1. The van der Waals surface area contributed by atoms with E-state index in [4.69, 9.17) is 0 Å². The van der Waals surface area contributed by atoms with Gasteiger partial charge in [0.05, 0.1) is 11.8 Å². The highest BCUT2D eigenvalue weighted by Crippen LogP contribution is 2.39. The fourth-order valence-electron chi connectivity index (χ4n) is 3.16. The van der Waals surface area contributed by atoms with Crippen LogP contribution in [0.4, 0.5) is 0 Å². The van der Waals surface area contributed by atoms with Crippen molar-refractivity contribution >= 4 is 11.9 Å². The number of nitrogens with zero attached hydrogens (tertiary/aromatic N) is 4. The SMILES string of the molecule is CC(C)[C@@H](C(=O)N1C[C@H](O)C[C@H]1C(=O)O)n1cc(C2CC2)nn1. The summed E-state index contributed by atoms with van der Waals surface area (Å²) in [5.41, 5.74) is 0.889. The van der Waals surface area contributed by atoms with E-state index >= 15 is 0 Å². The third-order valence-corrected chi connectivity index (χ3v) is 4.54. The highest BCUT2D eigenvalue weighted by atomic mass is 16.4. The highest BCUT2D eigenvalue weighted by Gasteiger charge is 2.42. The minimum Gasteiger partial charge on any atom is -0.480 e. The fraction of sp³-hybridized carbons (Fsp3) is 0.733. The molecule has 2 aliphatic rings. The minimum atomic E-state index is -1.09. The average molecular weight is 322 g/mol. The standard InChI is InChI=1S/C15H22N4O4/c1-8(2)13(19-7-11(16-17-19)9-3-4-9)14(21)18-6-10(20)5-12(18)15(22)23/h7-10,12-13,20H,3-6H2,1-2H3,(H,22,23)/t10-,12+,13+/m1/s1. The Balaban J connectivity index is 1.84. The third-order valence-electron chi connectivity index (χ3n) is 4.54. The molecule has 2 N–H and O–H groups in total. The Morgan fingerprint density at radius 2 is 2.04 bits per heavy atom. The number of carbonyl (C=O) groups is 2. The molecule has 8 heteroatoms. The van der Waals surface area contributed by atoms with Gasteiger partial charge in [-0.05, 0) is 18.8 Å². The van der Waals surface area contributed by atoms with E-state index in [1.807, 2.05) is 13.8 Å². The summed E-state index contributed by atoms with van der Waals surface area (Å²) in [5, 5.41) is 27.3. The van der Waals surface area contributed by atoms with Crippen molar-refractivity contribution in [2.24, 2.45) is 5.92 Å². The van der Waals surface area contributed by atoms with E-state index in [0.29, 0.717) is 5.92 Å². The molecular weight excluding hydrogens is 300 g/mol.